The summed E-state index contributed by atoms with van der Waals surface area (Å²) in [5.41, 5.74) is -0.568. The van der Waals surface area contributed by atoms with Crippen LogP contribution >= 0.6 is 0 Å². The van der Waals surface area contributed by atoms with Crippen molar-refractivity contribution in [2.24, 2.45) is 11.8 Å². The largest absolute Gasteiger partial charge is 0.481 e. The fourth-order valence-corrected chi connectivity index (χ4v) is 1.28. The van der Waals surface area contributed by atoms with Gasteiger partial charge in [0.1, 0.15) is 5.60 Å². The summed E-state index contributed by atoms with van der Waals surface area (Å²) in [6.45, 7) is 9.12. The summed E-state index contributed by atoms with van der Waals surface area (Å²) in [6.07, 6.45) is -0.496. The van der Waals surface area contributed by atoms with Gasteiger partial charge in [-0.3, -0.25) is 4.79 Å². The van der Waals surface area contributed by atoms with Crippen LogP contribution in [0.3, 0.4) is 0 Å². The fraction of sp³-hybridized carbons (Fsp3) is 0.833. The van der Waals surface area contributed by atoms with Gasteiger partial charge < -0.3 is 14.7 Å². The smallest absolute Gasteiger partial charge is 0.410 e. The topological polar surface area (TPSA) is 66.8 Å². The van der Waals surface area contributed by atoms with Crippen LogP contribution < -0.4 is 0 Å². The molecule has 0 aromatic carbocycles. The van der Waals surface area contributed by atoms with Crippen molar-refractivity contribution in [3.63, 3.8) is 0 Å². The molecule has 1 unspecified atom stereocenters. The molecule has 0 radical (unpaired) electrons. The van der Waals surface area contributed by atoms with Crippen molar-refractivity contribution < 1.29 is 19.4 Å². The van der Waals surface area contributed by atoms with Gasteiger partial charge in [-0.25, -0.2) is 4.79 Å². The molecule has 0 fully saturated rings. The predicted molar refractivity (Wildman–Crippen MR) is 64.8 cm³/mol. The zero-order valence-corrected chi connectivity index (χ0v) is 11.5. The third-order valence-electron chi connectivity index (χ3n) is 2.30. The van der Waals surface area contributed by atoms with Crippen LogP contribution in [0.4, 0.5) is 4.79 Å². The van der Waals surface area contributed by atoms with Gasteiger partial charge in [0.25, 0.3) is 0 Å². The van der Waals surface area contributed by atoms with E-state index in [9.17, 15) is 9.59 Å². The monoisotopic (exact) mass is 245 g/mol. The van der Waals surface area contributed by atoms with Gasteiger partial charge in [-0.1, -0.05) is 13.8 Å². The van der Waals surface area contributed by atoms with E-state index in [1.165, 1.54) is 4.90 Å². The minimum Gasteiger partial charge on any atom is -0.481 e. The van der Waals surface area contributed by atoms with Crippen molar-refractivity contribution in [3.05, 3.63) is 0 Å². The van der Waals surface area contributed by atoms with Crippen LogP contribution in [0.5, 0.6) is 0 Å². The average Bonchev–Trinajstić information content (AvgIpc) is 2.09. The van der Waals surface area contributed by atoms with Crippen LogP contribution in [0.25, 0.3) is 0 Å². The summed E-state index contributed by atoms with van der Waals surface area (Å²) in [5, 5.41) is 9.03. The molecule has 0 spiro atoms. The fourth-order valence-electron chi connectivity index (χ4n) is 1.28. The van der Waals surface area contributed by atoms with Crippen molar-refractivity contribution >= 4 is 12.1 Å². The number of rotatable bonds is 4. The highest BCUT2D eigenvalue weighted by atomic mass is 16.6. The summed E-state index contributed by atoms with van der Waals surface area (Å²) in [6, 6.07) is 0. The first-order chi connectivity index (χ1) is 7.54. The SMILES string of the molecule is CC(C)C(CN(C)C(=O)OC(C)(C)C)C(=O)O. The summed E-state index contributed by atoms with van der Waals surface area (Å²) in [7, 11) is 1.55. The van der Waals surface area contributed by atoms with E-state index in [0.29, 0.717) is 0 Å². The van der Waals surface area contributed by atoms with E-state index in [1.54, 1.807) is 27.8 Å². The van der Waals surface area contributed by atoms with Crippen LogP contribution in [0.15, 0.2) is 0 Å². The lowest BCUT2D eigenvalue weighted by molar-refractivity contribution is -0.143. The predicted octanol–water partition coefficient (Wildman–Crippen LogP) is 2.21. The highest BCUT2D eigenvalue weighted by Gasteiger charge is 2.27. The lowest BCUT2D eigenvalue weighted by Crippen LogP contribution is -2.40. The second-order valence-electron chi connectivity index (χ2n) is 5.55. The van der Waals surface area contributed by atoms with Crippen molar-refractivity contribution in [1.82, 2.24) is 4.90 Å². The molecule has 5 heteroatoms. The third kappa shape index (κ3) is 6.14. The van der Waals surface area contributed by atoms with Gasteiger partial charge in [0.05, 0.1) is 5.92 Å². The molecule has 0 saturated heterocycles. The summed E-state index contributed by atoms with van der Waals surface area (Å²) in [5.74, 6) is -1.50. The van der Waals surface area contributed by atoms with E-state index in [2.05, 4.69) is 0 Å². The molecule has 0 aliphatic rings. The Kier molecular flexibility index (Phi) is 5.45. The van der Waals surface area contributed by atoms with Gasteiger partial charge in [0, 0.05) is 13.6 Å². The highest BCUT2D eigenvalue weighted by Crippen LogP contribution is 2.15. The maximum atomic E-state index is 11.7. The van der Waals surface area contributed by atoms with Gasteiger partial charge >= 0.3 is 12.1 Å². The molecule has 0 bridgehead atoms. The van der Waals surface area contributed by atoms with E-state index in [0.717, 1.165) is 0 Å². The maximum absolute atomic E-state index is 11.7. The summed E-state index contributed by atoms with van der Waals surface area (Å²) in [4.78, 5) is 24.0. The van der Waals surface area contributed by atoms with Crippen LogP contribution in [0, 0.1) is 11.8 Å². The molecule has 0 aromatic rings. The molecule has 1 atom stereocenters. The molecular formula is C12H23NO4. The lowest BCUT2D eigenvalue weighted by Gasteiger charge is -2.27. The van der Waals surface area contributed by atoms with Crippen molar-refractivity contribution in [1.29, 1.82) is 0 Å². The zero-order chi connectivity index (χ0) is 13.8. The number of aliphatic carboxylic acids is 1. The second kappa shape index (κ2) is 5.89. The molecule has 0 saturated carbocycles. The number of carbonyl (C=O) groups is 2. The van der Waals surface area contributed by atoms with E-state index in [1.807, 2.05) is 13.8 Å². The maximum Gasteiger partial charge on any atom is 0.410 e. The van der Waals surface area contributed by atoms with Gasteiger partial charge in [-0.2, -0.15) is 0 Å². The average molecular weight is 245 g/mol. The number of carboxylic acid groups (broad SMARTS) is 1. The van der Waals surface area contributed by atoms with Gasteiger partial charge in [-0.15, -0.1) is 0 Å². The van der Waals surface area contributed by atoms with Crippen molar-refractivity contribution in [2.45, 2.75) is 40.2 Å². The minimum atomic E-state index is -0.893. The Morgan fingerprint density at radius 1 is 1.29 bits per heavy atom. The molecule has 0 heterocycles. The quantitative estimate of drug-likeness (QED) is 0.824. The van der Waals surface area contributed by atoms with Crippen LogP contribution in [0.1, 0.15) is 34.6 Å². The van der Waals surface area contributed by atoms with Crippen molar-refractivity contribution in [2.75, 3.05) is 13.6 Å². The molecule has 17 heavy (non-hydrogen) atoms. The minimum absolute atomic E-state index is 0.0302. The van der Waals surface area contributed by atoms with Crippen LogP contribution in [0.2, 0.25) is 0 Å². The first kappa shape index (κ1) is 15.7. The zero-order valence-electron chi connectivity index (χ0n) is 11.5. The number of amides is 1. The number of nitrogens with zero attached hydrogens (tertiary/aromatic N) is 1. The van der Waals surface area contributed by atoms with Gasteiger partial charge in [-0.05, 0) is 26.7 Å². The summed E-state index contributed by atoms with van der Waals surface area (Å²) >= 11 is 0. The second-order valence-corrected chi connectivity index (χ2v) is 5.55. The van der Waals surface area contributed by atoms with E-state index >= 15 is 0 Å². The molecule has 0 aliphatic heterocycles. The molecule has 100 valence electrons. The Hall–Kier alpha value is -1.26. The van der Waals surface area contributed by atoms with Gasteiger partial charge in [0.2, 0.25) is 0 Å². The normalized spacial score (nSPS) is 13.4. The van der Waals surface area contributed by atoms with E-state index < -0.39 is 23.6 Å². The molecule has 0 aromatic heterocycles. The Morgan fingerprint density at radius 3 is 2.06 bits per heavy atom. The molecule has 5 nitrogen and oxygen atoms in total. The van der Waals surface area contributed by atoms with E-state index in [4.69, 9.17) is 9.84 Å². The number of ether oxygens (including phenoxy) is 1. The Labute approximate surface area is 103 Å². The van der Waals surface area contributed by atoms with Gasteiger partial charge in [0.15, 0.2) is 0 Å². The van der Waals surface area contributed by atoms with Crippen LogP contribution in [-0.4, -0.2) is 41.3 Å². The Morgan fingerprint density at radius 2 is 1.76 bits per heavy atom. The molecule has 1 amide bonds. The Bertz CT molecular complexity index is 281. The summed E-state index contributed by atoms with van der Waals surface area (Å²) < 4.78 is 5.15. The molecule has 0 rings (SSSR count). The van der Waals surface area contributed by atoms with Crippen LogP contribution in [-0.2, 0) is 9.53 Å². The molecular weight excluding hydrogens is 222 g/mol. The number of hydrogen-bond acceptors (Lipinski definition) is 3. The number of carboxylic acids is 1. The highest BCUT2D eigenvalue weighted by molar-refractivity contribution is 5.72. The number of carbonyl (C=O) groups excluding carboxylic acids is 1. The lowest BCUT2D eigenvalue weighted by atomic mass is 9.96. The first-order valence-electron chi connectivity index (χ1n) is 5.71. The van der Waals surface area contributed by atoms with Crippen molar-refractivity contribution in [3.8, 4) is 0 Å². The van der Waals surface area contributed by atoms with E-state index in [-0.39, 0.29) is 12.5 Å². The standard InChI is InChI=1S/C12H23NO4/c1-8(2)9(10(14)15)7-13(6)11(16)17-12(3,4)5/h8-9H,7H2,1-6H3,(H,14,15). The number of hydrogen-bond donors (Lipinski definition) is 1. The molecule has 0 aliphatic carbocycles. The molecule has 1 N–H and O–H groups in total. The first-order valence-corrected chi connectivity index (χ1v) is 5.71. The third-order valence-corrected chi connectivity index (χ3v) is 2.30. The Balaban J connectivity index is 4.46.